The third-order valence-corrected chi connectivity index (χ3v) is 2.91. The first-order valence-corrected chi connectivity index (χ1v) is 4.75. The van der Waals surface area contributed by atoms with Gasteiger partial charge in [0.05, 0.1) is 12.6 Å². The maximum absolute atomic E-state index is 11.5. The maximum atomic E-state index is 11.5. The Labute approximate surface area is 84.6 Å². The quantitative estimate of drug-likeness (QED) is 0.604. The maximum Gasteiger partial charge on any atom is 0.339 e. The molecule has 0 bridgehead atoms. The molecule has 4 nitrogen and oxygen atoms in total. The fourth-order valence-electron chi connectivity index (χ4n) is 2.35. The van der Waals surface area contributed by atoms with Gasteiger partial charge in [-0.05, 0) is 27.7 Å². The van der Waals surface area contributed by atoms with Gasteiger partial charge >= 0.3 is 5.97 Å². The molecule has 1 saturated heterocycles. The third kappa shape index (κ3) is 1.53. The molecule has 4 heteroatoms. The molecule has 0 aromatic rings. The van der Waals surface area contributed by atoms with E-state index < -0.39 is 17.1 Å². The van der Waals surface area contributed by atoms with Crippen molar-refractivity contribution in [3.8, 4) is 0 Å². The minimum atomic E-state index is -1.44. The Balaban J connectivity index is 3.05. The summed E-state index contributed by atoms with van der Waals surface area (Å²) in [6, 6.07) is 0. The van der Waals surface area contributed by atoms with E-state index in [1.165, 1.54) is 7.11 Å². The number of carbonyl (C=O) groups is 1. The molecule has 0 aromatic heterocycles. The Bertz CT molecular complexity index is 260. The zero-order valence-corrected chi connectivity index (χ0v) is 9.47. The van der Waals surface area contributed by atoms with Crippen LogP contribution in [0, 0.1) is 0 Å². The number of aliphatic hydroxyl groups is 1. The van der Waals surface area contributed by atoms with Gasteiger partial charge in [0.1, 0.15) is 0 Å². The van der Waals surface area contributed by atoms with E-state index in [1.807, 2.05) is 13.8 Å². The summed E-state index contributed by atoms with van der Waals surface area (Å²) < 4.78 is 4.64. The number of nitrogens with one attached hydrogen (secondary N) is 1. The van der Waals surface area contributed by atoms with Crippen molar-refractivity contribution < 1.29 is 14.6 Å². The lowest BCUT2D eigenvalue weighted by Gasteiger charge is -2.33. The zero-order valence-electron chi connectivity index (χ0n) is 9.47. The van der Waals surface area contributed by atoms with Crippen molar-refractivity contribution in [3.05, 3.63) is 0 Å². The molecule has 1 aliphatic rings. The van der Waals surface area contributed by atoms with Crippen LogP contribution in [0.1, 0.15) is 34.1 Å². The van der Waals surface area contributed by atoms with Gasteiger partial charge in [-0.3, -0.25) is 0 Å². The molecule has 0 radical (unpaired) electrons. The topological polar surface area (TPSA) is 58.6 Å². The minimum Gasteiger partial charge on any atom is -0.467 e. The van der Waals surface area contributed by atoms with Crippen LogP contribution in [0.4, 0.5) is 0 Å². The predicted octanol–water partition coefficient (Wildman–Crippen LogP) is 0.441. The Hall–Kier alpha value is -0.610. The van der Waals surface area contributed by atoms with E-state index in [4.69, 9.17) is 0 Å². The van der Waals surface area contributed by atoms with Crippen molar-refractivity contribution in [3.63, 3.8) is 0 Å². The molecule has 0 spiro atoms. The minimum absolute atomic E-state index is 0.258. The third-order valence-electron chi connectivity index (χ3n) is 2.91. The smallest absolute Gasteiger partial charge is 0.339 e. The van der Waals surface area contributed by atoms with Crippen molar-refractivity contribution in [2.75, 3.05) is 7.11 Å². The Morgan fingerprint density at radius 3 is 2.14 bits per heavy atom. The van der Waals surface area contributed by atoms with Gasteiger partial charge in [-0.25, -0.2) is 4.79 Å². The molecule has 0 saturated carbocycles. The highest BCUT2D eigenvalue weighted by molar-refractivity contribution is 5.82. The Morgan fingerprint density at radius 1 is 1.36 bits per heavy atom. The molecule has 0 amide bonds. The summed E-state index contributed by atoms with van der Waals surface area (Å²) in [4.78, 5) is 11.5. The molecule has 1 rings (SSSR count). The summed E-state index contributed by atoms with van der Waals surface area (Å²) in [5, 5.41) is 13.5. The van der Waals surface area contributed by atoms with E-state index >= 15 is 0 Å². The normalized spacial score (nSPS) is 34.1. The van der Waals surface area contributed by atoms with Crippen molar-refractivity contribution in [2.45, 2.75) is 50.8 Å². The number of hydrogen-bond donors (Lipinski definition) is 2. The number of hydrogen-bond acceptors (Lipinski definition) is 4. The van der Waals surface area contributed by atoms with Crippen LogP contribution in [0.2, 0.25) is 0 Å². The number of ether oxygens (including phenoxy) is 1. The molecular weight excluding hydrogens is 182 g/mol. The van der Waals surface area contributed by atoms with Crippen LogP contribution in [-0.2, 0) is 9.53 Å². The number of rotatable bonds is 1. The molecule has 1 fully saturated rings. The zero-order chi connectivity index (χ0) is 11.2. The van der Waals surface area contributed by atoms with Crippen LogP contribution in [0.5, 0.6) is 0 Å². The molecule has 1 unspecified atom stereocenters. The second-order valence-electron chi connectivity index (χ2n) is 5.16. The standard InChI is InChI=1S/C10H19NO3/c1-8(2)6-10(13,7(12)14-5)9(3,4)11-8/h11,13H,6H2,1-5H3. The number of esters is 1. The van der Waals surface area contributed by atoms with Gasteiger partial charge in [0.2, 0.25) is 0 Å². The van der Waals surface area contributed by atoms with Crippen LogP contribution in [-0.4, -0.2) is 34.9 Å². The second-order valence-corrected chi connectivity index (χ2v) is 5.16. The van der Waals surface area contributed by atoms with Crippen LogP contribution < -0.4 is 5.32 Å². The first-order chi connectivity index (χ1) is 6.15. The second kappa shape index (κ2) is 2.94. The van der Waals surface area contributed by atoms with Gasteiger partial charge in [0, 0.05) is 12.0 Å². The largest absolute Gasteiger partial charge is 0.467 e. The lowest BCUT2D eigenvalue weighted by atomic mass is 9.82. The Morgan fingerprint density at radius 2 is 1.86 bits per heavy atom. The summed E-state index contributed by atoms with van der Waals surface area (Å²) in [5.74, 6) is -0.569. The molecule has 1 atom stereocenters. The molecule has 1 heterocycles. The van der Waals surface area contributed by atoms with Crippen molar-refractivity contribution in [2.24, 2.45) is 0 Å². The van der Waals surface area contributed by atoms with Crippen molar-refractivity contribution >= 4 is 5.97 Å². The monoisotopic (exact) mass is 201 g/mol. The first kappa shape index (κ1) is 11.5. The van der Waals surface area contributed by atoms with Crippen LogP contribution in [0.25, 0.3) is 0 Å². The van der Waals surface area contributed by atoms with Crippen LogP contribution >= 0.6 is 0 Å². The average molecular weight is 201 g/mol. The number of carbonyl (C=O) groups excluding carboxylic acids is 1. The summed E-state index contributed by atoms with van der Waals surface area (Å²) in [6.45, 7) is 7.52. The predicted molar refractivity (Wildman–Crippen MR) is 52.9 cm³/mol. The van der Waals surface area contributed by atoms with Gasteiger partial charge in [0.15, 0.2) is 5.60 Å². The molecule has 0 aromatic carbocycles. The van der Waals surface area contributed by atoms with Crippen LogP contribution in [0.3, 0.4) is 0 Å². The van der Waals surface area contributed by atoms with Crippen molar-refractivity contribution in [1.82, 2.24) is 5.32 Å². The average Bonchev–Trinajstić information content (AvgIpc) is 2.15. The Kier molecular flexibility index (Phi) is 2.41. The highest BCUT2D eigenvalue weighted by Crippen LogP contribution is 2.39. The lowest BCUT2D eigenvalue weighted by Crippen LogP contribution is -2.57. The van der Waals surface area contributed by atoms with E-state index in [0.29, 0.717) is 6.42 Å². The molecule has 0 aliphatic carbocycles. The molecule has 1 aliphatic heterocycles. The van der Waals surface area contributed by atoms with E-state index in [0.717, 1.165) is 0 Å². The highest BCUT2D eigenvalue weighted by Gasteiger charge is 2.60. The van der Waals surface area contributed by atoms with Gasteiger partial charge < -0.3 is 15.2 Å². The summed E-state index contributed by atoms with van der Waals surface area (Å²) in [5.41, 5.74) is -2.36. The van der Waals surface area contributed by atoms with Gasteiger partial charge in [-0.15, -0.1) is 0 Å². The summed E-state index contributed by atoms with van der Waals surface area (Å²) in [7, 11) is 1.29. The molecule has 2 N–H and O–H groups in total. The van der Waals surface area contributed by atoms with E-state index in [-0.39, 0.29) is 5.54 Å². The number of methoxy groups -OCH3 is 1. The summed E-state index contributed by atoms with van der Waals surface area (Å²) >= 11 is 0. The van der Waals surface area contributed by atoms with E-state index in [2.05, 4.69) is 10.1 Å². The fourth-order valence-corrected chi connectivity index (χ4v) is 2.35. The molecular formula is C10H19NO3. The van der Waals surface area contributed by atoms with Crippen molar-refractivity contribution in [1.29, 1.82) is 0 Å². The lowest BCUT2D eigenvalue weighted by molar-refractivity contribution is -0.167. The highest BCUT2D eigenvalue weighted by atomic mass is 16.5. The van der Waals surface area contributed by atoms with Crippen LogP contribution in [0.15, 0.2) is 0 Å². The SMILES string of the molecule is COC(=O)C1(O)CC(C)(C)NC1(C)C. The van der Waals surface area contributed by atoms with Gasteiger partial charge in [-0.1, -0.05) is 0 Å². The van der Waals surface area contributed by atoms with Gasteiger partial charge in [0.25, 0.3) is 0 Å². The van der Waals surface area contributed by atoms with Gasteiger partial charge in [-0.2, -0.15) is 0 Å². The summed E-state index contributed by atoms with van der Waals surface area (Å²) in [6.07, 6.45) is 0.361. The first-order valence-electron chi connectivity index (χ1n) is 4.75. The molecule has 14 heavy (non-hydrogen) atoms. The van der Waals surface area contributed by atoms with E-state index in [1.54, 1.807) is 13.8 Å². The van der Waals surface area contributed by atoms with E-state index in [9.17, 15) is 9.90 Å². The fraction of sp³-hybridized carbons (Fsp3) is 0.900. The molecule has 82 valence electrons.